The van der Waals surface area contributed by atoms with E-state index in [1.807, 2.05) is 0 Å². The van der Waals surface area contributed by atoms with E-state index < -0.39 is 6.04 Å². The lowest BCUT2D eigenvalue weighted by molar-refractivity contribution is -0.152. The zero-order valence-corrected chi connectivity index (χ0v) is 10.1. The van der Waals surface area contributed by atoms with Crippen LogP contribution in [-0.2, 0) is 19.1 Å². The van der Waals surface area contributed by atoms with Gasteiger partial charge in [-0.05, 0) is 18.8 Å². The van der Waals surface area contributed by atoms with Gasteiger partial charge in [-0.15, -0.1) is 0 Å². The highest BCUT2D eigenvalue weighted by molar-refractivity contribution is 5.86. The fourth-order valence-corrected chi connectivity index (χ4v) is 3.07. The molecule has 0 bridgehead atoms. The second-order valence-electron chi connectivity index (χ2n) is 4.81. The predicted molar refractivity (Wildman–Crippen MR) is 59.1 cm³/mol. The zero-order chi connectivity index (χ0) is 12.6. The van der Waals surface area contributed by atoms with E-state index in [0.29, 0.717) is 19.3 Å². The molecule has 17 heavy (non-hydrogen) atoms. The number of Topliss-reactive ketones (excluding diaryl/α,β-unsaturated/α-hetero) is 1. The van der Waals surface area contributed by atoms with Crippen LogP contribution in [0.2, 0.25) is 0 Å². The lowest BCUT2D eigenvalue weighted by Crippen LogP contribution is -2.46. The van der Waals surface area contributed by atoms with Gasteiger partial charge in [0.2, 0.25) is 5.91 Å². The van der Waals surface area contributed by atoms with E-state index in [9.17, 15) is 14.4 Å². The summed E-state index contributed by atoms with van der Waals surface area (Å²) in [6.07, 6.45) is 2.36. The summed E-state index contributed by atoms with van der Waals surface area (Å²) in [5, 5.41) is 0. The van der Waals surface area contributed by atoms with Crippen LogP contribution < -0.4 is 0 Å². The second-order valence-corrected chi connectivity index (χ2v) is 4.81. The normalized spacial score (nSPS) is 32.2. The maximum atomic E-state index is 11.7. The molecule has 1 aliphatic carbocycles. The Labute approximate surface area is 100 Å². The van der Waals surface area contributed by atoms with Crippen molar-refractivity contribution < 1.29 is 19.1 Å². The molecular formula is C12H17NO4. The first kappa shape index (κ1) is 12.1. The monoisotopic (exact) mass is 239 g/mol. The van der Waals surface area contributed by atoms with Crippen molar-refractivity contribution in [3.05, 3.63) is 0 Å². The first-order valence-electron chi connectivity index (χ1n) is 5.93. The highest BCUT2D eigenvalue weighted by Gasteiger charge is 2.48. The molecule has 0 aromatic heterocycles. The number of amides is 1. The number of hydrogen-bond acceptors (Lipinski definition) is 4. The van der Waals surface area contributed by atoms with Crippen molar-refractivity contribution in [3.8, 4) is 0 Å². The molecule has 0 radical (unpaired) electrons. The summed E-state index contributed by atoms with van der Waals surface area (Å²) < 4.78 is 4.73. The summed E-state index contributed by atoms with van der Waals surface area (Å²) in [5.41, 5.74) is 0. The molecular weight excluding hydrogens is 222 g/mol. The smallest absolute Gasteiger partial charge is 0.328 e. The topological polar surface area (TPSA) is 63.7 Å². The van der Waals surface area contributed by atoms with Crippen molar-refractivity contribution >= 4 is 17.7 Å². The Balaban J connectivity index is 2.23. The average molecular weight is 239 g/mol. The summed E-state index contributed by atoms with van der Waals surface area (Å²) in [6.45, 7) is 1.44. The van der Waals surface area contributed by atoms with Crippen LogP contribution in [-0.4, -0.2) is 41.8 Å². The molecule has 0 unspecified atom stereocenters. The molecule has 1 saturated carbocycles. The van der Waals surface area contributed by atoms with Gasteiger partial charge in [0.15, 0.2) is 0 Å². The Bertz CT molecular complexity index is 366. The number of carbonyl (C=O) groups is 3. The Hall–Kier alpha value is -1.39. The Morgan fingerprint density at radius 2 is 2.12 bits per heavy atom. The number of esters is 1. The van der Waals surface area contributed by atoms with E-state index >= 15 is 0 Å². The second kappa shape index (κ2) is 4.47. The third-order valence-corrected chi connectivity index (χ3v) is 3.83. The molecule has 2 fully saturated rings. The van der Waals surface area contributed by atoms with Crippen molar-refractivity contribution in [2.24, 2.45) is 5.92 Å². The molecule has 0 aromatic carbocycles. The van der Waals surface area contributed by atoms with Crippen LogP contribution in [0.5, 0.6) is 0 Å². The van der Waals surface area contributed by atoms with Gasteiger partial charge in [-0.3, -0.25) is 9.59 Å². The fraction of sp³-hybridized carbons (Fsp3) is 0.750. The van der Waals surface area contributed by atoms with Crippen LogP contribution >= 0.6 is 0 Å². The van der Waals surface area contributed by atoms with Crippen LogP contribution in [0.1, 0.15) is 32.6 Å². The fourth-order valence-electron chi connectivity index (χ4n) is 3.07. The first-order valence-corrected chi connectivity index (χ1v) is 5.93. The molecule has 1 saturated heterocycles. The van der Waals surface area contributed by atoms with Crippen molar-refractivity contribution in [1.29, 1.82) is 0 Å². The molecule has 0 aromatic rings. The largest absolute Gasteiger partial charge is 0.467 e. The first-order chi connectivity index (χ1) is 8.04. The summed E-state index contributed by atoms with van der Waals surface area (Å²) in [7, 11) is 1.33. The molecule has 3 atom stereocenters. The molecule has 2 aliphatic rings. The highest BCUT2D eigenvalue weighted by atomic mass is 16.5. The standard InChI is InChI=1S/C12H17NO4/c1-7(14)13-10-6-9(15)4-3-8(10)5-11(13)12(16)17-2/h8,10-11H,3-6H2,1-2H3/t8-,10-,11-/m0/s1. The molecule has 5 nitrogen and oxygen atoms in total. The summed E-state index contributed by atoms with van der Waals surface area (Å²) >= 11 is 0. The van der Waals surface area contributed by atoms with Gasteiger partial charge in [0.25, 0.3) is 0 Å². The minimum Gasteiger partial charge on any atom is -0.467 e. The average Bonchev–Trinajstić information content (AvgIpc) is 2.66. The van der Waals surface area contributed by atoms with Crippen LogP contribution in [0.3, 0.4) is 0 Å². The number of nitrogens with zero attached hydrogens (tertiary/aromatic N) is 1. The third kappa shape index (κ3) is 2.06. The molecule has 0 spiro atoms. The van der Waals surface area contributed by atoms with Gasteiger partial charge >= 0.3 is 5.97 Å². The van der Waals surface area contributed by atoms with Gasteiger partial charge in [0, 0.05) is 25.8 Å². The van der Waals surface area contributed by atoms with Crippen molar-refractivity contribution in [1.82, 2.24) is 4.90 Å². The van der Waals surface area contributed by atoms with Gasteiger partial charge in [-0.25, -0.2) is 4.79 Å². The molecule has 1 amide bonds. The van der Waals surface area contributed by atoms with E-state index in [-0.39, 0.29) is 29.6 Å². The third-order valence-electron chi connectivity index (χ3n) is 3.83. The van der Waals surface area contributed by atoms with Gasteiger partial charge in [-0.1, -0.05) is 0 Å². The van der Waals surface area contributed by atoms with Gasteiger partial charge in [0.1, 0.15) is 11.8 Å². The van der Waals surface area contributed by atoms with Crippen LogP contribution in [0.25, 0.3) is 0 Å². The number of rotatable bonds is 1. The zero-order valence-electron chi connectivity index (χ0n) is 10.1. The van der Waals surface area contributed by atoms with E-state index in [2.05, 4.69) is 0 Å². The van der Waals surface area contributed by atoms with E-state index in [1.54, 1.807) is 4.90 Å². The summed E-state index contributed by atoms with van der Waals surface area (Å²) in [4.78, 5) is 36.3. The predicted octanol–water partition coefficient (Wildman–Crippen LogP) is 0.518. The van der Waals surface area contributed by atoms with Crippen molar-refractivity contribution in [2.45, 2.75) is 44.7 Å². The van der Waals surface area contributed by atoms with Gasteiger partial charge < -0.3 is 9.64 Å². The van der Waals surface area contributed by atoms with Crippen LogP contribution in [0, 0.1) is 5.92 Å². The molecule has 1 aliphatic heterocycles. The van der Waals surface area contributed by atoms with Gasteiger partial charge in [0.05, 0.1) is 7.11 Å². The number of methoxy groups -OCH3 is 1. The molecule has 94 valence electrons. The van der Waals surface area contributed by atoms with E-state index in [1.165, 1.54) is 14.0 Å². The minimum absolute atomic E-state index is 0.0992. The number of fused-ring (bicyclic) bond motifs is 1. The lowest BCUT2D eigenvalue weighted by atomic mass is 9.84. The number of hydrogen-bond donors (Lipinski definition) is 0. The molecule has 2 rings (SSSR count). The van der Waals surface area contributed by atoms with Crippen LogP contribution in [0.4, 0.5) is 0 Å². The number of ether oxygens (including phenoxy) is 1. The Kier molecular flexibility index (Phi) is 3.17. The van der Waals surface area contributed by atoms with E-state index in [0.717, 1.165) is 6.42 Å². The minimum atomic E-state index is -0.501. The lowest BCUT2D eigenvalue weighted by Gasteiger charge is -2.31. The summed E-state index contributed by atoms with van der Waals surface area (Å²) in [5.74, 6) is -0.0756. The number of carbonyl (C=O) groups excluding carboxylic acids is 3. The SMILES string of the molecule is COC(=O)[C@@H]1C[C@@H]2CCC(=O)C[C@@H]2N1C(C)=O. The van der Waals surface area contributed by atoms with Crippen molar-refractivity contribution in [2.75, 3.05) is 7.11 Å². The van der Waals surface area contributed by atoms with E-state index in [4.69, 9.17) is 4.74 Å². The Morgan fingerprint density at radius 1 is 1.41 bits per heavy atom. The maximum absolute atomic E-state index is 11.7. The molecule has 5 heteroatoms. The molecule has 0 N–H and O–H groups in total. The van der Waals surface area contributed by atoms with Crippen molar-refractivity contribution in [3.63, 3.8) is 0 Å². The number of likely N-dealkylation sites (tertiary alicyclic amines) is 1. The number of ketones is 1. The van der Waals surface area contributed by atoms with Gasteiger partial charge in [-0.2, -0.15) is 0 Å². The Morgan fingerprint density at radius 3 is 2.71 bits per heavy atom. The molecule has 1 heterocycles. The summed E-state index contributed by atoms with van der Waals surface area (Å²) in [6, 6.07) is -0.601. The highest BCUT2D eigenvalue weighted by Crippen LogP contribution is 2.38. The van der Waals surface area contributed by atoms with Crippen LogP contribution in [0.15, 0.2) is 0 Å². The maximum Gasteiger partial charge on any atom is 0.328 e. The quantitative estimate of drug-likeness (QED) is 0.626.